The maximum Gasteiger partial charge on any atom is 0.255 e. The summed E-state index contributed by atoms with van der Waals surface area (Å²) in [5, 5.41) is 3.58. The van der Waals surface area contributed by atoms with Crippen LogP contribution in [0, 0.1) is 0 Å². The van der Waals surface area contributed by atoms with Gasteiger partial charge in [-0.15, -0.1) is 0 Å². The molecule has 9 heteroatoms. The van der Waals surface area contributed by atoms with Crippen molar-refractivity contribution >= 4 is 28.8 Å². The van der Waals surface area contributed by atoms with Gasteiger partial charge in [-0.25, -0.2) is 4.98 Å². The molecule has 0 unspecified atom stereocenters. The van der Waals surface area contributed by atoms with Crippen LogP contribution < -0.4 is 10.1 Å². The fourth-order valence-corrected chi connectivity index (χ4v) is 6.75. The monoisotopic (exact) mass is 513 g/mol. The molecule has 3 fully saturated rings. The number of carbonyl (C=O) groups excluding carboxylic acids is 3. The predicted molar refractivity (Wildman–Crippen MR) is 140 cm³/mol. The third-order valence-corrected chi connectivity index (χ3v) is 8.76. The molecule has 2 N–H and O–H groups in total. The van der Waals surface area contributed by atoms with E-state index in [2.05, 4.69) is 32.3 Å². The normalized spacial score (nSPS) is 26.4. The van der Waals surface area contributed by atoms with Gasteiger partial charge in [0.15, 0.2) is 0 Å². The van der Waals surface area contributed by atoms with Gasteiger partial charge >= 0.3 is 0 Å². The van der Waals surface area contributed by atoms with E-state index in [4.69, 9.17) is 4.74 Å². The maximum absolute atomic E-state index is 13.0. The smallest absolute Gasteiger partial charge is 0.255 e. The minimum Gasteiger partial charge on any atom is -0.489 e. The molecule has 7 rings (SSSR count). The number of carbonyl (C=O) groups is 3. The molecule has 3 aliphatic heterocycles. The van der Waals surface area contributed by atoms with Crippen LogP contribution in [0.15, 0.2) is 42.7 Å². The Hall–Kier alpha value is -3.72. The molecule has 196 valence electrons. The number of H-pyrrole nitrogens is 1. The number of ether oxygens (including phenoxy) is 1. The lowest BCUT2D eigenvalue weighted by molar-refractivity contribution is -0.136. The van der Waals surface area contributed by atoms with E-state index in [1.807, 2.05) is 30.6 Å². The molecule has 0 radical (unpaired) electrons. The van der Waals surface area contributed by atoms with E-state index in [-0.39, 0.29) is 30.2 Å². The average molecular weight is 514 g/mol. The number of aromatic amines is 1. The van der Waals surface area contributed by atoms with Crippen molar-refractivity contribution < 1.29 is 19.1 Å². The fourth-order valence-electron chi connectivity index (χ4n) is 6.75. The van der Waals surface area contributed by atoms with Crippen LogP contribution in [0.4, 0.5) is 0 Å². The second-order valence-electron chi connectivity index (χ2n) is 11.0. The van der Waals surface area contributed by atoms with Gasteiger partial charge in [0.1, 0.15) is 23.5 Å². The minimum atomic E-state index is -0.605. The predicted octanol–water partition coefficient (Wildman–Crippen LogP) is 3.11. The standard InChI is InChI=1S/C29H31N5O4/c35-26-8-7-24(28(36)32-26)34-16-17-13-19(5-6-21(17)29(34)37)38-25-4-2-1-3-23(25)33-14-18(15-33)20-9-11-30-27-22(20)10-12-31-27/h5-6,9-13,18,23-25H,1-4,7-8,14-16H2,(H,30,31)(H,32,35,36)/t23-,24-,25-/m1/s1. The van der Waals surface area contributed by atoms with Crippen LogP contribution in [-0.4, -0.2) is 68.8 Å². The molecule has 1 aliphatic carbocycles. The van der Waals surface area contributed by atoms with Gasteiger partial charge in [-0.3, -0.25) is 24.6 Å². The molecule has 5 heterocycles. The Kier molecular flexibility index (Phi) is 5.69. The number of nitrogens with zero attached hydrogens (tertiary/aromatic N) is 3. The first-order chi connectivity index (χ1) is 18.5. The van der Waals surface area contributed by atoms with Gasteiger partial charge in [-0.1, -0.05) is 6.42 Å². The van der Waals surface area contributed by atoms with Crippen LogP contribution in [0.3, 0.4) is 0 Å². The van der Waals surface area contributed by atoms with Crippen LogP contribution in [0.1, 0.15) is 65.9 Å². The topological polar surface area (TPSA) is 108 Å². The molecular weight excluding hydrogens is 482 g/mol. The summed E-state index contributed by atoms with van der Waals surface area (Å²) in [5.41, 5.74) is 3.80. The van der Waals surface area contributed by atoms with Crippen LogP contribution in [0.5, 0.6) is 5.75 Å². The van der Waals surface area contributed by atoms with Gasteiger partial charge in [-0.05, 0) is 67.1 Å². The van der Waals surface area contributed by atoms with E-state index < -0.39 is 6.04 Å². The first-order valence-electron chi connectivity index (χ1n) is 13.7. The molecular formula is C29H31N5O4. The van der Waals surface area contributed by atoms with Gasteiger partial charge in [0.25, 0.3) is 5.91 Å². The lowest BCUT2D eigenvalue weighted by atomic mass is 9.84. The first kappa shape index (κ1) is 23.4. The Morgan fingerprint density at radius 3 is 2.74 bits per heavy atom. The van der Waals surface area contributed by atoms with E-state index in [0.29, 0.717) is 30.5 Å². The number of imide groups is 1. The highest BCUT2D eigenvalue weighted by Crippen LogP contribution is 2.38. The molecule has 2 saturated heterocycles. The summed E-state index contributed by atoms with van der Waals surface area (Å²) in [6, 6.07) is 9.70. The molecule has 9 nitrogen and oxygen atoms in total. The van der Waals surface area contributed by atoms with Gasteiger partial charge in [-0.2, -0.15) is 0 Å². The number of pyridine rings is 1. The van der Waals surface area contributed by atoms with Gasteiger partial charge < -0.3 is 14.6 Å². The van der Waals surface area contributed by atoms with E-state index in [0.717, 1.165) is 49.3 Å². The summed E-state index contributed by atoms with van der Waals surface area (Å²) in [6.07, 6.45) is 9.08. The fraction of sp³-hybridized carbons (Fsp3) is 0.448. The molecule has 3 aromatic rings. The minimum absolute atomic E-state index is 0.107. The summed E-state index contributed by atoms with van der Waals surface area (Å²) >= 11 is 0. The number of hydrogen-bond donors (Lipinski definition) is 2. The average Bonchev–Trinajstić information content (AvgIpc) is 3.49. The van der Waals surface area contributed by atoms with E-state index >= 15 is 0 Å². The third-order valence-electron chi connectivity index (χ3n) is 8.76. The van der Waals surface area contributed by atoms with E-state index in [1.165, 1.54) is 17.4 Å². The van der Waals surface area contributed by atoms with Gasteiger partial charge in [0, 0.05) is 61.4 Å². The Labute approximate surface area is 220 Å². The zero-order chi connectivity index (χ0) is 25.8. The summed E-state index contributed by atoms with van der Waals surface area (Å²) < 4.78 is 6.59. The van der Waals surface area contributed by atoms with Crippen molar-refractivity contribution in [2.75, 3.05) is 13.1 Å². The Morgan fingerprint density at radius 1 is 1.00 bits per heavy atom. The number of aromatic nitrogens is 2. The lowest BCUT2D eigenvalue weighted by Crippen LogP contribution is -2.57. The number of benzene rings is 1. The van der Waals surface area contributed by atoms with Crippen LogP contribution in [0.25, 0.3) is 11.0 Å². The molecule has 2 aromatic heterocycles. The van der Waals surface area contributed by atoms with E-state index in [9.17, 15) is 14.4 Å². The number of nitrogens with one attached hydrogen (secondary N) is 2. The molecule has 38 heavy (non-hydrogen) atoms. The molecule has 0 spiro atoms. The van der Waals surface area contributed by atoms with Crippen molar-refractivity contribution in [3.8, 4) is 5.75 Å². The summed E-state index contributed by atoms with van der Waals surface area (Å²) in [5.74, 6) is 0.457. The Bertz CT molecular complexity index is 1430. The zero-order valence-corrected chi connectivity index (χ0v) is 21.2. The van der Waals surface area contributed by atoms with Crippen molar-refractivity contribution in [2.24, 2.45) is 0 Å². The highest BCUT2D eigenvalue weighted by Gasteiger charge is 2.41. The summed E-state index contributed by atoms with van der Waals surface area (Å²) in [7, 11) is 0. The van der Waals surface area contributed by atoms with Crippen molar-refractivity contribution in [1.29, 1.82) is 0 Å². The Morgan fingerprint density at radius 2 is 1.87 bits per heavy atom. The highest BCUT2D eigenvalue weighted by molar-refractivity contribution is 6.05. The molecule has 4 aliphatic rings. The number of rotatable bonds is 5. The van der Waals surface area contributed by atoms with Crippen LogP contribution >= 0.6 is 0 Å². The van der Waals surface area contributed by atoms with Gasteiger partial charge in [0.2, 0.25) is 11.8 Å². The highest BCUT2D eigenvalue weighted by atomic mass is 16.5. The van der Waals surface area contributed by atoms with E-state index in [1.54, 1.807) is 4.90 Å². The second kappa shape index (κ2) is 9.23. The summed E-state index contributed by atoms with van der Waals surface area (Å²) in [4.78, 5) is 48.7. The quantitative estimate of drug-likeness (QED) is 0.508. The largest absolute Gasteiger partial charge is 0.489 e. The summed E-state index contributed by atoms with van der Waals surface area (Å²) in [6.45, 7) is 2.40. The van der Waals surface area contributed by atoms with Gasteiger partial charge in [0.05, 0.1) is 0 Å². The third kappa shape index (κ3) is 3.96. The second-order valence-corrected chi connectivity index (χ2v) is 11.0. The molecule has 3 atom stereocenters. The number of hydrogen-bond acceptors (Lipinski definition) is 6. The van der Waals surface area contributed by atoms with Crippen LogP contribution in [0.2, 0.25) is 0 Å². The van der Waals surface area contributed by atoms with Crippen molar-refractivity contribution in [3.05, 3.63) is 59.4 Å². The van der Waals surface area contributed by atoms with Crippen molar-refractivity contribution in [3.63, 3.8) is 0 Å². The molecule has 3 amide bonds. The van der Waals surface area contributed by atoms with Crippen molar-refractivity contribution in [2.45, 2.75) is 69.2 Å². The number of likely N-dealkylation sites (tertiary alicyclic amines) is 1. The van der Waals surface area contributed by atoms with Crippen molar-refractivity contribution in [1.82, 2.24) is 25.1 Å². The SMILES string of the molecule is O=C1CC[C@@H](N2Cc3cc(O[C@@H]4CCCC[C@H]4N4CC(c5ccnc6[nH]ccc56)C4)ccc3C2=O)C(=O)N1. The van der Waals surface area contributed by atoms with Crippen LogP contribution in [-0.2, 0) is 16.1 Å². The zero-order valence-electron chi connectivity index (χ0n) is 21.2. The Balaban J connectivity index is 1.03. The lowest BCUT2D eigenvalue weighted by Gasteiger charge is -2.48. The molecule has 0 bridgehead atoms. The molecule has 1 saturated carbocycles. The first-order valence-corrected chi connectivity index (χ1v) is 13.7. The number of piperidine rings is 1. The molecule has 1 aromatic carbocycles. The maximum atomic E-state index is 13.0. The number of amides is 3. The number of fused-ring (bicyclic) bond motifs is 2.